The van der Waals surface area contributed by atoms with Crippen LogP contribution in [0.2, 0.25) is 0 Å². The Morgan fingerprint density at radius 2 is 0.600 bits per heavy atom. The van der Waals surface area contributed by atoms with Crippen LogP contribution in [0.1, 0.15) is 95.2 Å². The molecule has 0 aliphatic rings. The Morgan fingerprint density at radius 1 is 0.367 bits per heavy atom. The minimum Gasteiger partial charge on any atom is -0.0654 e. The first-order chi connectivity index (χ1) is 14.2. The van der Waals surface area contributed by atoms with Crippen molar-refractivity contribution >= 4 is 21.5 Å². The molecule has 0 spiro atoms. The zero-order chi connectivity index (χ0) is 22.3. The van der Waals surface area contributed by atoms with Gasteiger partial charge in [-0.2, -0.15) is 0 Å². The van der Waals surface area contributed by atoms with Crippen LogP contribution in [-0.2, 0) is 12.8 Å². The highest BCUT2D eigenvalue weighted by atomic mass is 14.3. The molecule has 3 rings (SSSR count). The molecular formula is C30H42. The lowest BCUT2D eigenvalue weighted by Crippen LogP contribution is -2.07. The first kappa shape index (κ1) is 22.9. The van der Waals surface area contributed by atoms with Crippen molar-refractivity contribution in [1.82, 2.24) is 0 Å². The molecule has 0 aromatic heterocycles. The summed E-state index contributed by atoms with van der Waals surface area (Å²) in [6.45, 7) is 23.4. The van der Waals surface area contributed by atoms with Gasteiger partial charge in [-0.15, -0.1) is 0 Å². The maximum Gasteiger partial charge on any atom is -0.0108 e. The summed E-state index contributed by atoms with van der Waals surface area (Å²) >= 11 is 0. The monoisotopic (exact) mass is 402 g/mol. The lowest BCUT2D eigenvalue weighted by molar-refractivity contribution is 0.796. The van der Waals surface area contributed by atoms with Crippen LogP contribution in [0, 0.1) is 55.4 Å². The molecule has 3 aromatic rings. The fourth-order valence-corrected chi connectivity index (χ4v) is 5.59. The minimum absolute atomic E-state index is 1.18. The normalized spacial score (nSPS) is 11.8. The number of aryl methyl sites for hydroxylation is 6. The quantitative estimate of drug-likeness (QED) is 0.360. The van der Waals surface area contributed by atoms with Crippen molar-refractivity contribution in [3.63, 3.8) is 0 Å². The smallest absolute Gasteiger partial charge is 0.0108 e. The van der Waals surface area contributed by atoms with Gasteiger partial charge in [0.25, 0.3) is 0 Å². The van der Waals surface area contributed by atoms with Gasteiger partial charge in [0, 0.05) is 0 Å². The second-order valence-electron chi connectivity index (χ2n) is 9.66. The molecule has 3 aromatic carbocycles. The largest absolute Gasteiger partial charge is 0.0654 e. The van der Waals surface area contributed by atoms with E-state index in [-0.39, 0.29) is 0 Å². The zero-order valence-corrected chi connectivity index (χ0v) is 21.2. The molecule has 0 heterocycles. The van der Waals surface area contributed by atoms with Gasteiger partial charge in [-0.1, -0.05) is 26.7 Å². The second-order valence-corrected chi connectivity index (χ2v) is 9.66. The van der Waals surface area contributed by atoms with Crippen LogP contribution in [-0.4, -0.2) is 0 Å². The van der Waals surface area contributed by atoms with E-state index in [2.05, 4.69) is 69.2 Å². The molecule has 0 aliphatic carbocycles. The summed E-state index contributed by atoms with van der Waals surface area (Å²) in [5.41, 5.74) is 15.2. The van der Waals surface area contributed by atoms with Crippen LogP contribution in [0.25, 0.3) is 21.5 Å². The highest BCUT2D eigenvalue weighted by Crippen LogP contribution is 2.44. The molecule has 0 heteroatoms. The Balaban J connectivity index is 2.73. The molecule has 0 aliphatic heterocycles. The van der Waals surface area contributed by atoms with E-state index in [9.17, 15) is 0 Å². The molecular weight excluding hydrogens is 360 g/mol. The Bertz CT molecular complexity index is 954. The summed E-state index contributed by atoms with van der Waals surface area (Å²) in [7, 11) is 0. The highest BCUT2D eigenvalue weighted by Gasteiger charge is 2.23. The van der Waals surface area contributed by atoms with Gasteiger partial charge in [0.15, 0.2) is 0 Å². The van der Waals surface area contributed by atoms with Gasteiger partial charge in [0.2, 0.25) is 0 Å². The standard InChI is InChI=1S/C30H42/c1-11-13-15-25-27-21(7)17(3)19(5)23(9)29(27)26(16-14-12-2)30-24(10)20(6)18(4)22(8)28(25)30/h11-16H2,1-10H3. The molecule has 0 atom stereocenters. The van der Waals surface area contributed by atoms with Crippen molar-refractivity contribution in [2.45, 2.75) is 108 Å². The molecule has 0 N–H and O–H groups in total. The number of rotatable bonds is 6. The first-order valence-corrected chi connectivity index (χ1v) is 12.1. The van der Waals surface area contributed by atoms with Gasteiger partial charge in [-0.3, -0.25) is 0 Å². The van der Waals surface area contributed by atoms with E-state index in [0.29, 0.717) is 0 Å². The zero-order valence-electron chi connectivity index (χ0n) is 21.2. The number of unbranched alkanes of at least 4 members (excludes halogenated alkanes) is 2. The molecule has 0 nitrogen and oxygen atoms in total. The Labute approximate surface area is 185 Å². The highest BCUT2D eigenvalue weighted by molar-refractivity contribution is 6.11. The van der Waals surface area contributed by atoms with Crippen LogP contribution in [0.5, 0.6) is 0 Å². The van der Waals surface area contributed by atoms with Crippen LogP contribution in [0.4, 0.5) is 0 Å². The summed E-state index contributed by atoms with van der Waals surface area (Å²) in [4.78, 5) is 0. The predicted octanol–water partition coefficient (Wildman–Crippen LogP) is 9.15. The molecule has 0 amide bonds. The summed E-state index contributed by atoms with van der Waals surface area (Å²) < 4.78 is 0. The summed E-state index contributed by atoms with van der Waals surface area (Å²) in [5.74, 6) is 0. The van der Waals surface area contributed by atoms with E-state index >= 15 is 0 Å². The molecule has 30 heavy (non-hydrogen) atoms. The van der Waals surface area contributed by atoms with E-state index in [1.54, 1.807) is 32.7 Å². The Morgan fingerprint density at radius 3 is 0.800 bits per heavy atom. The first-order valence-electron chi connectivity index (χ1n) is 12.1. The van der Waals surface area contributed by atoms with E-state index in [1.165, 1.54) is 83.0 Å². The van der Waals surface area contributed by atoms with Crippen molar-refractivity contribution in [3.05, 3.63) is 55.6 Å². The average Bonchev–Trinajstić information content (AvgIpc) is 2.74. The maximum atomic E-state index is 2.37. The summed E-state index contributed by atoms with van der Waals surface area (Å²) in [6.07, 6.45) is 7.37. The number of fused-ring (bicyclic) bond motifs is 2. The van der Waals surface area contributed by atoms with Gasteiger partial charge in [0.05, 0.1) is 0 Å². The Hall–Kier alpha value is -1.82. The molecule has 162 valence electrons. The third-order valence-electron chi connectivity index (χ3n) is 8.14. The fourth-order valence-electron chi connectivity index (χ4n) is 5.59. The molecule has 0 bridgehead atoms. The predicted molar refractivity (Wildman–Crippen MR) is 137 cm³/mol. The number of hydrogen-bond donors (Lipinski definition) is 0. The molecule has 0 saturated heterocycles. The molecule has 0 saturated carbocycles. The van der Waals surface area contributed by atoms with Gasteiger partial charge < -0.3 is 0 Å². The van der Waals surface area contributed by atoms with Crippen molar-refractivity contribution < 1.29 is 0 Å². The van der Waals surface area contributed by atoms with Crippen molar-refractivity contribution in [3.8, 4) is 0 Å². The third kappa shape index (κ3) is 3.37. The fraction of sp³-hybridized carbons (Fsp3) is 0.533. The van der Waals surface area contributed by atoms with Gasteiger partial charge in [-0.05, 0) is 158 Å². The summed E-state index contributed by atoms with van der Waals surface area (Å²) in [5, 5.41) is 6.31. The van der Waals surface area contributed by atoms with Crippen LogP contribution in [0.15, 0.2) is 0 Å². The van der Waals surface area contributed by atoms with E-state index in [4.69, 9.17) is 0 Å². The lowest BCUT2D eigenvalue weighted by atomic mass is 9.77. The van der Waals surface area contributed by atoms with Crippen molar-refractivity contribution in [1.29, 1.82) is 0 Å². The van der Waals surface area contributed by atoms with Gasteiger partial charge >= 0.3 is 0 Å². The Kier molecular flexibility index (Phi) is 6.66. The maximum absolute atomic E-state index is 2.37. The topological polar surface area (TPSA) is 0 Å². The van der Waals surface area contributed by atoms with Gasteiger partial charge in [-0.25, -0.2) is 0 Å². The van der Waals surface area contributed by atoms with Crippen molar-refractivity contribution in [2.24, 2.45) is 0 Å². The van der Waals surface area contributed by atoms with Crippen LogP contribution < -0.4 is 0 Å². The van der Waals surface area contributed by atoms with E-state index < -0.39 is 0 Å². The molecule has 0 fully saturated rings. The molecule has 0 radical (unpaired) electrons. The van der Waals surface area contributed by atoms with Crippen LogP contribution >= 0.6 is 0 Å². The van der Waals surface area contributed by atoms with E-state index in [1.807, 2.05) is 0 Å². The SMILES string of the molecule is CCCCc1c2c(C)c(C)c(C)c(C)c2c(CCCC)c2c(C)c(C)c(C)c(C)c12. The minimum atomic E-state index is 1.18. The average molecular weight is 403 g/mol. The van der Waals surface area contributed by atoms with Crippen molar-refractivity contribution in [2.75, 3.05) is 0 Å². The van der Waals surface area contributed by atoms with Gasteiger partial charge in [0.1, 0.15) is 0 Å². The lowest BCUT2D eigenvalue weighted by Gasteiger charge is -2.26. The van der Waals surface area contributed by atoms with E-state index in [0.717, 1.165) is 0 Å². The molecule has 0 unspecified atom stereocenters. The number of hydrogen-bond acceptors (Lipinski definition) is 0. The second kappa shape index (κ2) is 8.74. The summed E-state index contributed by atoms with van der Waals surface area (Å²) in [6, 6.07) is 0. The number of benzene rings is 3. The third-order valence-corrected chi connectivity index (χ3v) is 8.14. The van der Waals surface area contributed by atoms with Crippen LogP contribution in [0.3, 0.4) is 0 Å².